The molecule has 2 amide bonds. The van der Waals surface area contributed by atoms with Crippen LogP contribution in [0.5, 0.6) is 5.75 Å². The Bertz CT molecular complexity index is 289. The van der Waals surface area contributed by atoms with E-state index in [4.69, 9.17) is 15.6 Å². The van der Waals surface area contributed by atoms with E-state index in [1.54, 1.807) is 12.1 Å². The minimum atomic E-state index is -1.09. The van der Waals surface area contributed by atoms with Gasteiger partial charge in [0.05, 0.1) is 0 Å². The first-order valence-corrected chi connectivity index (χ1v) is 4.10. The van der Waals surface area contributed by atoms with E-state index < -0.39 is 12.3 Å². The molecule has 5 nitrogen and oxygen atoms in total. The second-order valence-corrected chi connectivity index (χ2v) is 2.65. The molecule has 1 unspecified atom stereocenters. The van der Waals surface area contributed by atoms with Crippen LogP contribution in [0.4, 0.5) is 4.79 Å². The molecule has 4 N–H and O–H groups in total. The number of carbonyl (C=O) groups excluding carboxylic acids is 1. The van der Waals surface area contributed by atoms with Crippen molar-refractivity contribution in [1.82, 2.24) is 5.32 Å². The van der Waals surface area contributed by atoms with E-state index >= 15 is 0 Å². The number of benzene rings is 1. The molecule has 0 spiro atoms. The molecular weight excluding hydrogens is 184 g/mol. The Balaban J connectivity index is 2.30. The predicted molar refractivity (Wildman–Crippen MR) is 50.7 cm³/mol. The normalized spacial score (nSPS) is 11.8. The van der Waals surface area contributed by atoms with Gasteiger partial charge in [-0.3, -0.25) is 0 Å². The third kappa shape index (κ3) is 3.77. The molecule has 0 radical (unpaired) electrons. The summed E-state index contributed by atoms with van der Waals surface area (Å²) in [6.45, 7) is -0.0348. The summed E-state index contributed by atoms with van der Waals surface area (Å²) in [7, 11) is 0. The Kier molecular flexibility index (Phi) is 3.75. The van der Waals surface area contributed by atoms with Crippen molar-refractivity contribution in [2.45, 2.75) is 6.23 Å². The van der Waals surface area contributed by atoms with Gasteiger partial charge in [0.25, 0.3) is 0 Å². The third-order valence-electron chi connectivity index (χ3n) is 1.46. The number of amides is 2. The zero-order valence-corrected chi connectivity index (χ0v) is 7.51. The van der Waals surface area contributed by atoms with Crippen molar-refractivity contribution >= 4 is 6.03 Å². The molecule has 1 aromatic carbocycles. The lowest BCUT2D eigenvalue weighted by atomic mass is 10.3. The number of aliphatic hydroxyl groups excluding tert-OH is 1. The maximum atomic E-state index is 10.3. The number of nitrogens with one attached hydrogen (secondary N) is 1. The monoisotopic (exact) mass is 196 g/mol. The average molecular weight is 196 g/mol. The van der Waals surface area contributed by atoms with Crippen molar-refractivity contribution in [1.29, 1.82) is 0 Å². The van der Waals surface area contributed by atoms with Gasteiger partial charge in [-0.25, -0.2) is 4.79 Å². The number of carbonyl (C=O) groups is 1. The lowest BCUT2D eigenvalue weighted by molar-refractivity contribution is 0.0875. The van der Waals surface area contributed by atoms with Gasteiger partial charge in [0.1, 0.15) is 12.4 Å². The maximum Gasteiger partial charge on any atom is 0.314 e. The lowest BCUT2D eigenvalue weighted by Gasteiger charge is -2.12. The maximum absolute atomic E-state index is 10.3. The number of urea groups is 1. The van der Waals surface area contributed by atoms with Gasteiger partial charge >= 0.3 is 6.03 Å². The van der Waals surface area contributed by atoms with E-state index in [1.165, 1.54) is 0 Å². The summed E-state index contributed by atoms with van der Waals surface area (Å²) in [5.74, 6) is 0.623. The Morgan fingerprint density at radius 3 is 2.71 bits per heavy atom. The molecular formula is C9H12N2O3. The molecule has 0 aliphatic rings. The van der Waals surface area contributed by atoms with Gasteiger partial charge in [0, 0.05) is 0 Å². The topological polar surface area (TPSA) is 84.6 Å². The summed E-state index contributed by atoms with van der Waals surface area (Å²) in [6.07, 6.45) is -1.09. The highest BCUT2D eigenvalue weighted by Crippen LogP contribution is 2.07. The number of primary amides is 1. The predicted octanol–water partition coefficient (Wildman–Crippen LogP) is 0.0521. The van der Waals surface area contributed by atoms with Crippen LogP contribution in [-0.2, 0) is 0 Å². The van der Waals surface area contributed by atoms with Gasteiger partial charge in [0.15, 0.2) is 6.23 Å². The first kappa shape index (κ1) is 10.3. The van der Waals surface area contributed by atoms with Crippen LogP contribution in [0.2, 0.25) is 0 Å². The molecule has 0 aromatic heterocycles. The van der Waals surface area contributed by atoms with Gasteiger partial charge in [0.2, 0.25) is 0 Å². The van der Waals surface area contributed by atoms with Crippen LogP contribution in [0.3, 0.4) is 0 Å². The molecule has 0 heterocycles. The number of hydrogen-bond donors (Lipinski definition) is 3. The van der Waals surface area contributed by atoms with E-state index in [9.17, 15) is 4.79 Å². The molecule has 0 aliphatic carbocycles. The molecule has 0 fully saturated rings. The van der Waals surface area contributed by atoms with Gasteiger partial charge in [-0.1, -0.05) is 18.2 Å². The number of rotatable bonds is 4. The van der Waals surface area contributed by atoms with Crippen molar-refractivity contribution < 1.29 is 14.6 Å². The Hall–Kier alpha value is -1.75. The fourth-order valence-electron chi connectivity index (χ4n) is 0.898. The number of para-hydroxylation sites is 1. The van der Waals surface area contributed by atoms with E-state index in [2.05, 4.69) is 5.32 Å². The largest absolute Gasteiger partial charge is 0.489 e. The summed E-state index contributed by atoms with van der Waals surface area (Å²) >= 11 is 0. The van der Waals surface area contributed by atoms with Crippen LogP contribution in [0, 0.1) is 0 Å². The Morgan fingerprint density at radius 1 is 1.50 bits per heavy atom. The fourth-order valence-corrected chi connectivity index (χ4v) is 0.898. The molecule has 5 heteroatoms. The summed E-state index contributed by atoms with van der Waals surface area (Å²) in [5.41, 5.74) is 4.80. The molecule has 0 aliphatic heterocycles. The second kappa shape index (κ2) is 5.08. The lowest BCUT2D eigenvalue weighted by Crippen LogP contribution is -2.41. The SMILES string of the molecule is NC(=O)NC(O)COc1ccccc1. The van der Waals surface area contributed by atoms with Crippen LogP contribution in [0.25, 0.3) is 0 Å². The van der Waals surface area contributed by atoms with Crippen molar-refractivity contribution in [3.05, 3.63) is 30.3 Å². The molecule has 1 atom stereocenters. The third-order valence-corrected chi connectivity index (χ3v) is 1.46. The summed E-state index contributed by atoms with van der Waals surface area (Å²) in [4.78, 5) is 10.3. The van der Waals surface area contributed by atoms with Crippen molar-refractivity contribution in [2.75, 3.05) is 6.61 Å². The molecule has 76 valence electrons. The minimum absolute atomic E-state index is 0.0348. The van der Waals surface area contributed by atoms with Crippen molar-refractivity contribution in [3.63, 3.8) is 0 Å². The van der Waals surface area contributed by atoms with Crippen LogP contribution < -0.4 is 15.8 Å². The summed E-state index contributed by atoms with van der Waals surface area (Å²) in [6, 6.07) is 8.18. The fraction of sp³-hybridized carbons (Fsp3) is 0.222. The van der Waals surface area contributed by atoms with Crippen LogP contribution in [0.1, 0.15) is 0 Å². The molecule has 0 saturated carbocycles. The van der Waals surface area contributed by atoms with Crippen LogP contribution in [0.15, 0.2) is 30.3 Å². The highest BCUT2D eigenvalue weighted by atomic mass is 16.5. The van der Waals surface area contributed by atoms with E-state index in [1.807, 2.05) is 18.2 Å². The zero-order valence-electron chi connectivity index (χ0n) is 7.51. The Labute approximate surface area is 81.5 Å². The molecule has 14 heavy (non-hydrogen) atoms. The minimum Gasteiger partial charge on any atom is -0.489 e. The quantitative estimate of drug-likeness (QED) is 0.595. The zero-order chi connectivity index (χ0) is 10.4. The average Bonchev–Trinajstić information content (AvgIpc) is 2.15. The molecule has 0 bridgehead atoms. The molecule has 1 rings (SSSR count). The highest BCUT2D eigenvalue weighted by molar-refractivity contribution is 5.71. The summed E-state index contributed by atoms with van der Waals surface area (Å²) in [5, 5.41) is 11.2. The second-order valence-electron chi connectivity index (χ2n) is 2.65. The molecule has 0 saturated heterocycles. The molecule has 1 aromatic rings. The number of nitrogens with two attached hydrogens (primary N) is 1. The standard InChI is InChI=1S/C9H12N2O3/c10-9(13)11-8(12)6-14-7-4-2-1-3-5-7/h1-5,8,12H,6H2,(H3,10,11,13). The number of hydrogen-bond acceptors (Lipinski definition) is 3. The van der Waals surface area contributed by atoms with Crippen LogP contribution in [-0.4, -0.2) is 24.0 Å². The van der Waals surface area contributed by atoms with Gasteiger partial charge < -0.3 is 20.9 Å². The van der Waals surface area contributed by atoms with Gasteiger partial charge in [-0.15, -0.1) is 0 Å². The first-order valence-electron chi connectivity index (χ1n) is 4.10. The highest BCUT2D eigenvalue weighted by Gasteiger charge is 2.05. The van der Waals surface area contributed by atoms with Gasteiger partial charge in [-0.05, 0) is 12.1 Å². The van der Waals surface area contributed by atoms with Crippen molar-refractivity contribution in [2.24, 2.45) is 5.73 Å². The van der Waals surface area contributed by atoms with Crippen LogP contribution >= 0.6 is 0 Å². The smallest absolute Gasteiger partial charge is 0.314 e. The number of aliphatic hydroxyl groups is 1. The van der Waals surface area contributed by atoms with E-state index in [0.717, 1.165) is 0 Å². The Morgan fingerprint density at radius 2 is 2.14 bits per heavy atom. The van der Waals surface area contributed by atoms with E-state index in [-0.39, 0.29) is 6.61 Å². The summed E-state index contributed by atoms with van der Waals surface area (Å²) < 4.78 is 5.15. The first-order chi connectivity index (χ1) is 6.68. The van der Waals surface area contributed by atoms with Crippen molar-refractivity contribution in [3.8, 4) is 5.75 Å². The van der Waals surface area contributed by atoms with Gasteiger partial charge in [-0.2, -0.15) is 0 Å². The van der Waals surface area contributed by atoms with E-state index in [0.29, 0.717) is 5.75 Å². The number of ether oxygens (including phenoxy) is 1.